The zero-order valence-corrected chi connectivity index (χ0v) is 19.1. The van der Waals surface area contributed by atoms with Gasteiger partial charge < -0.3 is 9.47 Å². The van der Waals surface area contributed by atoms with Crippen molar-refractivity contribution in [2.75, 3.05) is 26.8 Å². The number of carbonyl (C=O) groups is 1. The molecule has 0 N–H and O–H groups in total. The first-order chi connectivity index (χ1) is 15.0. The molecule has 0 spiro atoms. The monoisotopic (exact) mass is 421 g/mol. The molecule has 0 radical (unpaired) electrons. The summed E-state index contributed by atoms with van der Waals surface area (Å²) in [6.45, 7) is 8.17. The zero-order valence-electron chi connectivity index (χ0n) is 19.1. The van der Waals surface area contributed by atoms with Crippen LogP contribution in [0.3, 0.4) is 0 Å². The topological polar surface area (TPSA) is 38.8 Å². The van der Waals surface area contributed by atoms with Crippen molar-refractivity contribution in [3.63, 3.8) is 0 Å². The van der Waals surface area contributed by atoms with E-state index in [-0.39, 0.29) is 11.7 Å². The van der Waals surface area contributed by atoms with Gasteiger partial charge in [-0.25, -0.2) is 0 Å². The Labute approximate surface area is 186 Å². The molecule has 2 aliphatic rings. The lowest BCUT2D eigenvalue weighted by atomic mass is 9.85. The number of Topliss-reactive ketones (excluding diaryl/α,β-unsaturated/α-hetero) is 1. The van der Waals surface area contributed by atoms with Gasteiger partial charge in [0.15, 0.2) is 17.3 Å². The third-order valence-corrected chi connectivity index (χ3v) is 6.64. The lowest BCUT2D eigenvalue weighted by Crippen LogP contribution is -2.34. The molecule has 4 heteroatoms. The molecule has 0 aromatic heterocycles. The number of rotatable bonds is 8. The standard InChI is InChI=1S/C27H35NO3/c1-19(2)18-31-26-15-22-14-23(27(29)24(22)16-25(26)30-3)13-20-9-11-28(12-10-20)17-21-7-5-4-6-8-21/h4-8,15-16,19-20,23H,9-14,17-18H2,1-3H3. The number of hydrogen-bond acceptors (Lipinski definition) is 4. The van der Waals surface area contributed by atoms with E-state index in [1.165, 1.54) is 18.4 Å². The summed E-state index contributed by atoms with van der Waals surface area (Å²) in [5.74, 6) is 2.90. The fourth-order valence-corrected chi connectivity index (χ4v) is 4.92. The summed E-state index contributed by atoms with van der Waals surface area (Å²) in [5, 5.41) is 0. The normalized spacial score (nSPS) is 19.6. The maximum absolute atomic E-state index is 13.1. The molecule has 2 aromatic carbocycles. The van der Waals surface area contributed by atoms with Gasteiger partial charge in [0, 0.05) is 18.0 Å². The molecule has 0 amide bonds. The zero-order chi connectivity index (χ0) is 21.8. The van der Waals surface area contributed by atoms with E-state index >= 15 is 0 Å². The summed E-state index contributed by atoms with van der Waals surface area (Å²) < 4.78 is 11.5. The summed E-state index contributed by atoms with van der Waals surface area (Å²) in [4.78, 5) is 15.7. The number of carbonyl (C=O) groups excluding carboxylic acids is 1. The summed E-state index contributed by atoms with van der Waals surface area (Å²) in [6.07, 6.45) is 4.19. The lowest BCUT2D eigenvalue weighted by Gasteiger charge is -2.32. The summed E-state index contributed by atoms with van der Waals surface area (Å²) >= 11 is 0. The smallest absolute Gasteiger partial charge is 0.166 e. The van der Waals surface area contributed by atoms with Crippen molar-refractivity contribution >= 4 is 5.78 Å². The number of methoxy groups -OCH3 is 1. The Hall–Kier alpha value is -2.33. The van der Waals surface area contributed by atoms with Crippen molar-refractivity contribution in [3.8, 4) is 11.5 Å². The Kier molecular flexibility index (Phi) is 6.96. The molecule has 4 rings (SSSR count). The van der Waals surface area contributed by atoms with Crippen molar-refractivity contribution < 1.29 is 14.3 Å². The number of ether oxygens (including phenoxy) is 2. The Balaban J connectivity index is 1.34. The molecule has 1 atom stereocenters. The molecule has 4 nitrogen and oxygen atoms in total. The van der Waals surface area contributed by atoms with Gasteiger partial charge in [-0.2, -0.15) is 0 Å². The maximum atomic E-state index is 13.1. The van der Waals surface area contributed by atoms with Crippen LogP contribution in [0.1, 0.15) is 54.6 Å². The highest BCUT2D eigenvalue weighted by Gasteiger charge is 2.34. The number of benzene rings is 2. The van der Waals surface area contributed by atoms with Crippen molar-refractivity contribution in [1.29, 1.82) is 0 Å². The first kappa shape index (κ1) is 21.9. The summed E-state index contributed by atoms with van der Waals surface area (Å²) in [7, 11) is 1.64. The van der Waals surface area contributed by atoms with Gasteiger partial charge in [-0.3, -0.25) is 9.69 Å². The van der Waals surface area contributed by atoms with Gasteiger partial charge >= 0.3 is 0 Å². The molecule has 1 saturated heterocycles. The van der Waals surface area contributed by atoms with Crippen LogP contribution in [-0.4, -0.2) is 37.5 Å². The lowest BCUT2D eigenvalue weighted by molar-refractivity contribution is 0.0895. The van der Waals surface area contributed by atoms with Crippen molar-refractivity contribution in [2.24, 2.45) is 17.8 Å². The van der Waals surface area contributed by atoms with E-state index in [4.69, 9.17) is 9.47 Å². The first-order valence-corrected chi connectivity index (χ1v) is 11.7. The minimum Gasteiger partial charge on any atom is -0.493 e. The van der Waals surface area contributed by atoms with Gasteiger partial charge in [0.1, 0.15) is 0 Å². The minimum absolute atomic E-state index is 0.103. The molecule has 166 valence electrons. The fourth-order valence-electron chi connectivity index (χ4n) is 4.92. The third kappa shape index (κ3) is 5.30. The van der Waals surface area contributed by atoms with E-state index in [0.717, 1.165) is 49.4 Å². The second kappa shape index (κ2) is 9.86. The average Bonchev–Trinajstić information content (AvgIpc) is 3.08. The SMILES string of the molecule is COc1cc2c(cc1OCC(C)C)CC(CC1CCN(Cc3ccccc3)CC1)C2=O. The summed E-state index contributed by atoms with van der Waals surface area (Å²) in [6, 6.07) is 14.6. The number of nitrogens with zero attached hydrogens (tertiary/aromatic N) is 1. The molecule has 1 aliphatic heterocycles. The first-order valence-electron chi connectivity index (χ1n) is 11.7. The Bertz CT molecular complexity index is 885. The highest BCUT2D eigenvalue weighted by molar-refractivity contribution is 6.02. The predicted octanol–water partition coefficient (Wildman–Crippen LogP) is 5.39. The number of ketones is 1. The van der Waals surface area contributed by atoms with Crippen molar-refractivity contribution in [1.82, 2.24) is 4.90 Å². The minimum atomic E-state index is 0.103. The highest BCUT2D eigenvalue weighted by Crippen LogP contribution is 2.40. The number of hydrogen-bond donors (Lipinski definition) is 0. The Morgan fingerprint density at radius 2 is 1.81 bits per heavy atom. The van der Waals surface area contributed by atoms with Crippen LogP contribution in [0.4, 0.5) is 0 Å². The molecular weight excluding hydrogens is 386 g/mol. The molecule has 1 fully saturated rings. The van der Waals surface area contributed by atoms with Gasteiger partial charge in [-0.1, -0.05) is 44.2 Å². The quantitative estimate of drug-likeness (QED) is 0.573. The second-order valence-electron chi connectivity index (χ2n) is 9.57. The largest absolute Gasteiger partial charge is 0.493 e. The van der Waals surface area contributed by atoms with Crippen molar-refractivity contribution in [3.05, 3.63) is 59.2 Å². The van der Waals surface area contributed by atoms with Crippen LogP contribution >= 0.6 is 0 Å². The van der Waals surface area contributed by atoms with Crippen LogP contribution in [0.5, 0.6) is 11.5 Å². The maximum Gasteiger partial charge on any atom is 0.166 e. The van der Waals surface area contributed by atoms with Crippen LogP contribution < -0.4 is 9.47 Å². The van der Waals surface area contributed by atoms with Gasteiger partial charge in [-0.15, -0.1) is 0 Å². The van der Waals surface area contributed by atoms with E-state index < -0.39 is 0 Å². The van der Waals surface area contributed by atoms with Gasteiger partial charge in [0.2, 0.25) is 0 Å². The third-order valence-electron chi connectivity index (χ3n) is 6.64. The molecule has 1 heterocycles. The average molecular weight is 422 g/mol. The molecular formula is C27H35NO3. The second-order valence-corrected chi connectivity index (χ2v) is 9.57. The van der Waals surface area contributed by atoms with E-state index in [0.29, 0.717) is 24.2 Å². The van der Waals surface area contributed by atoms with E-state index in [1.54, 1.807) is 7.11 Å². The summed E-state index contributed by atoms with van der Waals surface area (Å²) in [5.41, 5.74) is 3.34. The fraction of sp³-hybridized carbons (Fsp3) is 0.519. The van der Waals surface area contributed by atoms with Crippen LogP contribution in [0, 0.1) is 17.8 Å². The van der Waals surface area contributed by atoms with Gasteiger partial charge in [-0.05, 0) is 73.9 Å². The van der Waals surface area contributed by atoms with Crippen LogP contribution in [0.25, 0.3) is 0 Å². The van der Waals surface area contributed by atoms with Crippen molar-refractivity contribution in [2.45, 2.75) is 46.1 Å². The highest BCUT2D eigenvalue weighted by atomic mass is 16.5. The Morgan fingerprint density at radius 3 is 2.48 bits per heavy atom. The molecule has 31 heavy (non-hydrogen) atoms. The predicted molar refractivity (Wildman–Crippen MR) is 124 cm³/mol. The Morgan fingerprint density at radius 1 is 1.06 bits per heavy atom. The molecule has 0 saturated carbocycles. The van der Waals surface area contributed by atoms with E-state index in [9.17, 15) is 4.79 Å². The number of likely N-dealkylation sites (tertiary alicyclic amines) is 1. The van der Waals surface area contributed by atoms with E-state index in [1.807, 2.05) is 12.1 Å². The van der Waals surface area contributed by atoms with Gasteiger partial charge in [0.25, 0.3) is 0 Å². The van der Waals surface area contributed by atoms with Gasteiger partial charge in [0.05, 0.1) is 13.7 Å². The van der Waals surface area contributed by atoms with Crippen LogP contribution in [-0.2, 0) is 13.0 Å². The molecule has 0 bridgehead atoms. The van der Waals surface area contributed by atoms with E-state index in [2.05, 4.69) is 49.1 Å². The van der Waals surface area contributed by atoms with Crippen LogP contribution in [0.2, 0.25) is 0 Å². The number of piperidine rings is 1. The van der Waals surface area contributed by atoms with Crippen LogP contribution in [0.15, 0.2) is 42.5 Å². The molecule has 1 unspecified atom stereocenters. The molecule has 2 aromatic rings. The number of fused-ring (bicyclic) bond motifs is 1. The molecule has 1 aliphatic carbocycles.